The number of fused-ring (bicyclic) bond motifs is 4. The highest BCUT2D eigenvalue weighted by Crippen LogP contribution is 2.55. The molecule has 19 rings (SSSR count). The zero-order chi connectivity index (χ0) is 74.5. The van der Waals surface area contributed by atoms with Gasteiger partial charge in [0.25, 0.3) is 0 Å². The Kier molecular flexibility index (Phi) is 18.4. The molecule has 528 valence electrons. The Hall–Kier alpha value is -14.8. The Morgan fingerprint density at radius 2 is 0.196 bits per heavy atom. The largest absolute Gasteiger partial charge is 0.311 e. The molecule has 18 aromatic carbocycles. The lowest BCUT2D eigenvalue weighted by Crippen LogP contribution is -2.09. The van der Waals surface area contributed by atoms with Crippen LogP contribution in [0.2, 0.25) is 0 Å². The monoisotopic (exact) mass is 1430 g/mol. The van der Waals surface area contributed by atoms with Crippen molar-refractivity contribution >= 4 is 68.2 Å². The van der Waals surface area contributed by atoms with Crippen LogP contribution in [0.1, 0.15) is 0 Å². The molecule has 0 N–H and O–H groups in total. The van der Waals surface area contributed by atoms with Gasteiger partial charge in [-0.15, -0.1) is 0 Å². The number of para-hydroxylation sites is 8. The minimum Gasteiger partial charge on any atom is -0.311 e. The second-order valence-electron chi connectivity index (χ2n) is 28.4. The molecule has 0 fully saturated rings. The van der Waals surface area contributed by atoms with Gasteiger partial charge in [-0.2, -0.15) is 0 Å². The second kappa shape index (κ2) is 30.4. The van der Waals surface area contributed by atoms with Gasteiger partial charge in [0.15, 0.2) is 0 Å². The van der Waals surface area contributed by atoms with Crippen molar-refractivity contribution in [3.63, 3.8) is 0 Å². The van der Waals surface area contributed by atoms with Crippen molar-refractivity contribution in [1.29, 1.82) is 0 Å². The van der Waals surface area contributed by atoms with Crippen molar-refractivity contribution < 1.29 is 0 Å². The lowest BCUT2D eigenvalue weighted by atomic mass is 9.74. The average molecular weight is 1430 g/mol. The van der Waals surface area contributed by atoms with E-state index in [9.17, 15) is 0 Å². The third kappa shape index (κ3) is 13.6. The van der Waals surface area contributed by atoms with Crippen LogP contribution in [0.3, 0.4) is 0 Å². The lowest BCUT2D eigenvalue weighted by molar-refractivity contribution is 1.28. The van der Waals surface area contributed by atoms with Crippen LogP contribution in [-0.2, 0) is 0 Å². The van der Waals surface area contributed by atoms with Crippen molar-refractivity contribution in [1.82, 2.24) is 0 Å². The van der Waals surface area contributed by atoms with Crippen molar-refractivity contribution in [3.8, 4) is 111 Å². The molecule has 1 aliphatic rings. The molecular weight excluding hydrogens is 1350 g/mol. The van der Waals surface area contributed by atoms with E-state index in [4.69, 9.17) is 0 Å². The fourth-order valence-electron chi connectivity index (χ4n) is 16.0. The number of anilines is 12. The Labute approximate surface area is 655 Å². The summed E-state index contributed by atoms with van der Waals surface area (Å²) in [4.78, 5) is 9.24. The molecule has 0 spiro atoms. The van der Waals surface area contributed by atoms with Crippen LogP contribution in [0.4, 0.5) is 68.2 Å². The summed E-state index contributed by atoms with van der Waals surface area (Å²) in [7, 11) is 0. The molecule has 112 heavy (non-hydrogen) atoms. The Bertz CT molecular complexity index is 5280. The highest BCUT2D eigenvalue weighted by Gasteiger charge is 2.29. The number of hydrogen-bond acceptors (Lipinski definition) is 4. The summed E-state index contributed by atoms with van der Waals surface area (Å²) in [5, 5.41) is 0. The van der Waals surface area contributed by atoms with Crippen LogP contribution in [0.15, 0.2) is 461 Å². The van der Waals surface area contributed by atoms with Crippen LogP contribution in [0.25, 0.3) is 111 Å². The second-order valence-corrected chi connectivity index (χ2v) is 28.4. The molecule has 0 atom stereocenters. The van der Waals surface area contributed by atoms with E-state index < -0.39 is 0 Å². The number of nitrogens with zero attached hydrogens (tertiary/aromatic N) is 4. The average Bonchev–Trinajstić information content (AvgIpc) is 0.711. The summed E-state index contributed by atoms with van der Waals surface area (Å²) in [6.45, 7) is 0. The van der Waals surface area contributed by atoms with Gasteiger partial charge in [-0.05, 0) is 281 Å². The third-order valence-corrected chi connectivity index (χ3v) is 21.6. The van der Waals surface area contributed by atoms with E-state index in [0.717, 1.165) is 135 Å². The van der Waals surface area contributed by atoms with Crippen molar-refractivity contribution in [3.05, 3.63) is 461 Å². The first kappa shape index (κ1) is 67.7. The third-order valence-electron chi connectivity index (χ3n) is 21.6. The normalized spacial score (nSPS) is 11.2. The first-order chi connectivity index (χ1) is 55.5. The maximum absolute atomic E-state index is 2.46. The van der Waals surface area contributed by atoms with Gasteiger partial charge in [-0.3, -0.25) is 0 Å². The van der Waals surface area contributed by atoms with Gasteiger partial charge in [0, 0.05) is 68.2 Å². The van der Waals surface area contributed by atoms with Gasteiger partial charge in [0.2, 0.25) is 0 Å². The minimum absolute atomic E-state index is 1.10. The molecule has 0 amide bonds. The topological polar surface area (TPSA) is 13.0 Å². The Morgan fingerprint density at radius 3 is 0.330 bits per heavy atom. The number of benzene rings is 18. The van der Waals surface area contributed by atoms with Crippen molar-refractivity contribution in [2.45, 2.75) is 0 Å². The highest BCUT2D eigenvalue weighted by molar-refractivity contribution is 6.10. The maximum atomic E-state index is 2.46. The molecule has 0 heterocycles. The number of hydrogen-bond donors (Lipinski definition) is 0. The molecule has 18 aromatic rings. The fourth-order valence-corrected chi connectivity index (χ4v) is 16.0. The molecule has 0 saturated heterocycles. The van der Waals surface area contributed by atoms with Crippen molar-refractivity contribution in [2.24, 2.45) is 0 Å². The van der Waals surface area contributed by atoms with Gasteiger partial charge in [0.05, 0.1) is 0 Å². The molecule has 1 aliphatic carbocycles. The molecule has 0 saturated carbocycles. The SMILES string of the molecule is c1ccc(N(c2ccccc2)c2ccc(-c3ccc(-c4cc5c(cc4-c4ccc(-c6ccc(N(c7ccccc7)c7ccccc7)cc6)cc4)-c4cc(-c6ccc(-c7ccc(N(c8ccccc8)c8ccccc8)cc7)cc6)c(-c6ccc(-c7ccc(N(c8ccccc8)c8ccccc8)cc7)cc6)cc4-5)cc3)cc2)cc1. The zero-order valence-corrected chi connectivity index (χ0v) is 61.7. The van der Waals surface area contributed by atoms with Crippen LogP contribution in [0.5, 0.6) is 0 Å². The number of rotatable bonds is 20. The van der Waals surface area contributed by atoms with Crippen LogP contribution in [-0.4, -0.2) is 0 Å². The summed E-state index contributed by atoms with van der Waals surface area (Å²) in [6, 6.07) is 167. The Morgan fingerprint density at radius 1 is 0.0893 bits per heavy atom. The predicted molar refractivity (Wildman–Crippen MR) is 473 cm³/mol. The van der Waals surface area contributed by atoms with Gasteiger partial charge < -0.3 is 19.6 Å². The summed E-state index contributed by atoms with van der Waals surface area (Å²) in [5.41, 5.74) is 36.8. The molecule has 4 nitrogen and oxygen atoms in total. The van der Waals surface area contributed by atoms with E-state index >= 15 is 0 Å². The van der Waals surface area contributed by atoms with Gasteiger partial charge in [-0.25, -0.2) is 0 Å². The van der Waals surface area contributed by atoms with Gasteiger partial charge in [-0.1, -0.05) is 291 Å². The highest BCUT2D eigenvalue weighted by atomic mass is 15.2. The molecule has 0 unspecified atom stereocenters. The predicted octanol–water partition coefficient (Wildman–Crippen LogP) is 30.5. The molecule has 0 aliphatic heterocycles. The first-order valence-electron chi connectivity index (χ1n) is 38.3. The van der Waals surface area contributed by atoms with E-state index in [1.54, 1.807) is 0 Å². The van der Waals surface area contributed by atoms with E-state index in [2.05, 4.69) is 481 Å². The molecule has 0 radical (unpaired) electrons. The first-order valence-corrected chi connectivity index (χ1v) is 38.3. The van der Waals surface area contributed by atoms with Crippen LogP contribution >= 0.6 is 0 Å². The van der Waals surface area contributed by atoms with Gasteiger partial charge in [0.1, 0.15) is 0 Å². The molecule has 0 aromatic heterocycles. The smallest absolute Gasteiger partial charge is 0.0462 e. The van der Waals surface area contributed by atoms with E-state index in [1.807, 2.05) is 0 Å². The molecular formula is C108H76N4. The molecule has 4 heteroatoms. The van der Waals surface area contributed by atoms with Gasteiger partial charge >= 0.3 is 0 Å². The van der Waals surface area contributed by atoms with Crippen LogP contribution in [0, 0.1) is 0 Å². The molecule has 0 bridgehead atoms. The van der Waals surface area contributed by atoms with E-state index in [1.165, 1.54) is 44.5 Å². The summed E-state index contributed by atoms with van der Waals surface area (Å²) in [5.74, 6) is 0. The standard InChI is InChI=1S/C108H76N4/c1-9-25-89(26-10-1)109(90-27-11-2-12-28-90)97-65-57-81(58-66-97)77-41-49-85(50-42-77)101-73-105-106(74-102(101)86-51-43-78(44-52-86)82-59-67-98(68-60-82)110(91-29-13-3-14-30-91)92-31-15-4-16-32-92)108-76-104(88-55-47-80(48-56-88)84-63-71-100(72-64-84)112(95-37-21-7-22-38-95)96-39-23-8-24-40-96)103(75-107(105)108)87-53-45-79(46-54-87)83-61-69-99(70-62-83)111(93-33-17-5-18-34-93)94-35-19-6-20-36-94/h1-76H. The Balaban J connectivity index is 0.693. The quantitative estimate of drug-likeness (QED) is 0.0754. The summed E-state index contributed by atoms with van der Waals surface area (Å²) in [6.07, 6.45) is 0. The lowest BCUT2D eigenvalue weighted by Gasteiger charge is -2.29. The maximum Gasteiger partial charge on any atom is 0.0462 e. The minimum atomic E-state index is 1.10. The van der Waals surface area contributed by atoms with Crippen molar-refractivity contribution in [2.75, 3.05) is 19.6 Å². The van der Waals surface area contributed by atoms with Crippen LogP contribution < -0.4 is 19.6 Å². The summed E-state index contributed by atoms with van der Waals surface area (Å²) >= 11 is 0. The van der Waals surface area contributed by atoms with E-state index in [-0.39, 0.29) is 0 Å². The fraction of sp³-hybridized carbons (Fsp3) is 0. The zero-order valence-electron chi connectivity index (χ0n) is 61.7. The summed E-state index contributed by atoms with van der Waals surface area (Å²) < 4.78 is 0. The van der Waals surface area contributed by atoms with E-state index in [0.29, 0.717) is 0 Å².